The average molecular weight is 243 g/mol. The second-order valence-electron chi connectivity index (χ2n) is 4.87. The van der Waals surface area contributed by atoms with Crippen molar-refractivity contribution in [2.24, 2.45) is 5.41 Å². The van der Waals surface area contributed by atoms with Gasteiger partial charge in [0.1, 0.15) is 11.2 Å². The molecule has 0 saturated heterocycles. The largest absolute Gasteiger partial charge is 0.309 e. The first-order chi connectivity index (χ1) is 8.66. The van der Waals surface area contributed by atoms with Gasteiger partial charge in [0.05, 0.1) is 6.07 Å². The fourth-order valence-electron chi connectivity index (χ4n) is 2.39. The van der Waals surface area contributed by atoms with E-state index >= 15 is 0 Å². The van der Waals surface area contributed by atoms with E-state index in [9.17, 15) is 10.1 Å². The zero-order valence-corrected chi connectivity index (χ0v) is 10.6. The Balaban J connectivity index is 2.13. The van der Waals surface area contributed by atoms with Gasteiger partial charge in [0.25, 0.3) is 0 Å². The summed E-state index contributed by atoms with van der Waals surface area (Å²) in [4.78, 5) is 16.5. The maximum absolute atomic E-state index is 12.3. The van der Waals surface area contributed by atoms with E-state index in [1.807, 2.05) is 19.1 Å². The maximum Gasteiger partial charge on any atom is 0.246 e. The number of aromatic nitrogens is 1. The maximum atomic E-state index is 12.3. The van der Waals surface area contributed by atoms with Crippen LogP contribution in [0, 0.1) is 23.7 Å². The van der Waals surface area contributed by atoms with Gasteiger partial charge in [-0.05, 0) is 31.9 Å². The summed E-state index contributed by atoms with van der Waals surface area (Å²) in [5.41, 5.74) is -0.00797. The quantitative estimate of drug-likeness (QED) is 0.868. The van der Waals surface area contributed by atoms with Gasteiger partial charge < -0.3 is 5.32 Å². The molecule has 4 heteroatoms. The summed E-state index contributed by atoms with van der Waals surface area (Å²) in [6.45, 7) is 1.87. The van der Waals surface area contributed by atoms with Crippen LogP contribution >= 0.6 is 0 Å². The second kappa shape index (κ2) is 5.18. The number of nitrogens with one attached hydrogen (secondary N) is 1. The van der Waals surface area contributed by atoms with E-state index in [0.29, 0.717) is 18.7 Å². The second-order valence-corrected chi connectivity index (χ2v) is 4.87. The van der Waals surface area contributed by atoms with Gasteiger partial charge in [-0.25, -0.2) is 4.98 Å². The Bertz CT molecular complexity index is 484. The molecule has 18 heavy (non-hydrogen) atoms. The van der Waals surface area contributed by atoms with Gasteiger partial charge in [0.2, 0.25) is 5.91 Å². The van der Waals surface area contributed by atoms with Crippen molar-refractivity contribution in [3.8, 4) is 6.07 Å². The molecule has 1 aliphatic carbocycles. The molecular formula is C14H17N3O. The third kappa shape index (κ3) is 2.51. The van der Waals surface area contributed by atoms with Gasteiger partial charge in [-0.15, -0.1) is 0 Å². The molecule has 0 aliphatic heterocycles. The van der Waals surface area contributed by atoms with Crippen LogP contribution in [0.15, 0.2) is 18.2 Å². The molecule has 1 fully saturated rings. The van der Waals surface area contributed by atoms with Gasteiger partial charge in [0.15, 0.2) is 0 Å². The van der Waals surface area contributed by atoms with Crippen molar-refractivity contribution >= 4 is 11.7 Å². The highest BCUT2D eigenvalue weighted by Gasteiger charge is 2.39. The van der Waals surface area contributed by atoms with Crippen molar-refractivity contribution in [3.05, 3.63) is 23.9 Å². The lowest BCUT2D eigenvalue weighted by molar-refractivity contribution is -0.124. The van der Waals surface area contributed by atoms with Crippen LogP contribution in [0.1, 0.15) is 37.8 Å². The van der Waals surface area contributed by atoms with Crippen LogP contribution in [-0.2, 0) is 4.79 Å². The molecule has 1 amide bonds. The molecular weight excluding hydrogens is 226 g/mol. The number of rotatable bonds is 2. The van der Waals surface area contributed by atoms with Crippen LogP contribution in [-0.4, -0.2) is 10.9 Å². The van der Waals surface area contributed by atoms with Crippen LogP contribution < -0.4 is 5.32 Å². The van der Waals surface area contributed by atoms with Gasteiger partial charge >= 0.3 is 0 Å². The van der Waals surface area contributed by atoms with Gasteiger partial charge in [-0.2, -0.15) is 5.26 Å². The van der Waals surface area contributed by atoms with E-state index in [1.54, 1.807) is 6.07 Å². The van der Waals surface area contributed by atoms with E-state index in [-0.39, 0.29) is 5.91 Å². The summed E-state index contributed by atoms with van der Waals surface area (Å²) in [6, 6.07) is 7.68. The topological polar surface area (TPSA) is 65.8 Å². The monoisotopic (exact) mass is 243 g/mol. The molecule has 94 valence electrons. The Hall–Kier alpha value is -1.89. The number of carbonyl (C=O) groups is 1. The molecule has 2 rings (SSSR count). The van der Waals surface area contributed by atoms with Crippen LogP contribution in [0.3, 0.4) is 0 Å². The smallest absolute Gasteiger partial charge is 0.246 e. The van der Waals surface area contributed by atoms with E-state index in [2.05, 4.69) is 16.4 Å². The molecule has 0 atom stereocenters. The van der Waals surface area contributed by atoms with Crippen LogP contribution in [0.4, 0.5) is 5.82 Å². The third-order valence-electron chi connectivity index (χ3n) is 3.49. The fraction of sp³-hybridized carbons (Fsp3) is 0.500. The molecule has 1 N–H and O–H groups in total. The summed E-state index contributed by atoms with van der Waals surface area (Å²) < 4.78 is 0. The van der Waals surface area contributed by atoms with Crippen molar-refractivity contribution in [1.29, 1.82) is 5.26 Å². The van der Waals surface area contributed by atoms with Gasteiger partial charge in [0, 0.05) is 5.69 Å². The Labute approximate surface area is 107 Å². The minimum atomic E-state index is -0.857. The molecule has 0 unspecified atom stereocenters. The Kier molecular flexibility index (Phi) is 3.61. The summed E-state index contributed by atoms with van der Waals surface area (Å²) >= 11 is 0. The molecule has 0 bridgehead atoms. The van der Waals surface area contributed by atoms with Gasteiger partial charge in [-0.3, -0.25) is 4.79 Å². The van der Waals surface area contributed by atoms with E-state index < -0.39 is 5.41 Å². The number of hydrogen-bond donors (Lipinski definition) is 1. The number of hydrogen-bond acceptors (Lipinski definition) is 3. The first-order valence-corrected chi connectivity index (χ1v) is 6.33. The van der Waals surface area contributed by atoms with Crippen LogP contribution in [0.5, 0.6) is 0 Å². The highest BCUT2D eigenvalue weighted by atomic mass is 16.2. The lowest BCUT2D eigenvalue weighted by Gasteiger charge is -2.28. The number of aryl methyl sites for hydroxylation is 1. The zero-order chi connectivity index (χ0) is 13.0. The van der Waals surface area contributed by atoms with Crippen molar-refractivity contribution in [2.75, 3.05) is 5.32 Å². The predicted molar refractivity (Wildman–Crippen MR) is 68.7 cm³/mol. The molecule has 1 saturated carbocycles. The molecule has 4 nitrogen and oxygen atoms in total. The number of anilines is 1. The summed E-state index contributed by atoms with van der Waals surface area (Å²) in [6.07, 6.45) is 4.31. The minimum absolute atomic E-state index is 0.206. The van der Waals surface area contributed by atoms with Crippen molar-refractivity contribution in [3.63, 3.8) is 0 Å². The average Bonchev–Trinajstić information content (AvgIpc) is 2.39. The normalized spacial score (nSPS) is 17.8. The molecule has 1 aromatic rings. The SMILES string of the molecule is Cc1cccc(NC(=O)C2(C#N)CCCCC2)n1. The predicted octanol–water partition coefficient (Wildman–Crippen LogP) is 2.80. The molecule has 0 radical (unpaired) electrons. The number of amides is 1. The molecule has 1 aromatic heterocycles. The number of pyridine rings is 1. The Morgan fingerprint density at radius 1 is 1.39 bits per heavy atom. The number of carbonyl (C=O) groups excluding carboxylic acids is 1. The van der Waals surface area contributed by atoms with E-state index in [1.165, 1.54) is 0 Å². The zero-order valence-electron chi connectivity index (χ0n) is 10.6. The van der Waals surface area contributed by atoms with E-state index in [4.69, 9.17) is 0 Å². The fourth-order valence-corrected chi connectivity index (χ4v) is 2.39. The lowest BCUT2D eigenvalue weighted by Crippen LogP contribution is -2.37. The van der Waals surface area contributed by atoms with Crippen LogP contribution in [0.25, 0.3) is 0 Å². The van der Waals surface area contributed by atoms with Crippen molar-refractivity contribution in [1.82, 2.24) is 4.98 Å². The Morgan fingerprint density at radius 2 is 2.11 bits per heavy atom. The van der Waals surface area contributed by atoms with Crippen molar-refractivity contribution < 1.29 is 4.79 Å². The first kappa shape index (κ1) is 12.6. The van der Waals surface area contributed by atoms with Gasteiger partial charge in [-0.1, -0.05) is 25.3 Å². The third-order valence-corrected chi connectivity index (χ3v) is 3.49. The number of nitrogens with zero attached hydrogens (tertiary/aromatic N) is 2. The Morgan fingerprint density at radius 3 is 2.72 bits per heavy atom. The summed E-state index contributed by atoms with van der Waals surface area (Å²) in [5, 5.41) is 12.1. The summed E-state index contributed by atoms with van der Waals surface area (Å²) in [5.74, 6) is 0.322. The molecule has 0 spiro atoms. The van der Waals surface area contributed by atoms with Crippen LogP contribution in [0.2, 0.25) is 0 Å². The summed E-state index contributed by atoms with van der Waals surface area (Å²) in [7, 11) is 0. The molecule has 0 aromatic carbocycles. The molecule has 1 aliphatic rings. The van der Waals surface area contributed by atoms with E-state index in [0.717, 1.165) is 25.0 Å². The minimum Gasteiger partial charge on any atom is -0.309 e. The first-order valence-electron chi connectivity index (χ1n) is 6.33. The van der Waals surface area contributed by atoms with Crippen molar-refractivity contribution in [2.45, 2.75) is 39.0 Å². The number of nitriles is 1. The highest BCUT2D eigenvalue weighted by Crippen LogP contribution is 2.36. The highest BCUT2D eigenvalue weighted by molar-refractivity contribution is 5.96. The lowest BCUT2D eigenvalue weighted by atomic mass is 9.74. The standard InChI is InChI=1S/C14H17N3O/c1-11-6-5-7-12(16-11)17-13(18)14(10-15)8-3-2-4-9-14/h5-7H,2-4,8-9H2,1H3,(H,16,17,18). The molecule has 1 heterocycles.